The largest absolute Gasteiger partial charge is 0.370 e. The number of guanidine groups is 1. The fraction of sp³-hybridized carbons (Fsp3) is 0.0526. The second-order valence-corrected chi connectivity index (χ2v) is 6.38. The van der Waals surface area contributed by atoms with Gasteiger partial charge in [0.1, 0.15) is 0 Å². The van der Waals surface area contributed by atoms with E-state index in [1.54, 1.807) is 12.1 Å². The van der Waals surface area contributed by atoms with Crippen LogP contribution < -0.4 is 11.1 Å². The Labute approximate surface area is 158 Å². The Morgan fingerprint density at radius 1 is 1.07 bits per heavy atom. The fourth-order valence-electron chi connectivity index (χ4n) is 3.49. The van der Waals surface area contributed by atoms with E-state index in [1.807, 2.05) is 51.7 Å². The first-order valence-electron chi connectivity index (χ1n) is 8.61. The molecule has 5 rings (SSSR count). The quantitative estimate of drug-likeness (QED) is 0.423. The van der Waals surface area contributed by atoms with Crippen LogP contribution in [-0.4, -0.2) is 25.0 Å². The van der Waals surface area contributed by atoms with Crippen LogP contribution in [0.4, 0.5) is 11.6 Å². The zero-order chi connectivity index (χ0) is 19.3. The molecule has 28 heavy (non-hydrogen) atoms. The highest BCUT2D eigenvalue weighted by atomic mass is 16.6. The molecule has 9 heteroatoms. The van der Waals surface area contributed by atoms with Crippen molar-refractivity contribution in [2.45, 2.75) is 6.17 Å². The van der Waals surface area contributed by atoms with Crippen molar-refractivity contribution < 1.29 is 4.92 Å². The molecule has 0 radical (unpaired) electrons. The molecule has 0 saturated carbocycles. The van der Waals surface area contributed by atoms with Crippen LogP contribution in [0.1, 0.15) is 11.9 Å². The first kappa shape index (κ1) is 16.1. The monoisotopic (exact) mass is 373 g/mol. The smallest absolute Gasteiger partial charge is 0.269 e. The summed E-state index contributed by atoms with van der Waals surface area (Å²) in [6, 6.07) is 18.0. The van der Waals surface area contributed by atoms with Gasteiger partial charge < -0.3 is 10.3 Å². The van der Waals surface area contributed by atoms with Gasteiger partial charge in [0, 0.05) is 24.0 Å². The van der Waals surface area contributed by atoms with Gasteiger partial charge in [-0.05, 0) is 36.4 Å². The van der Waals surface area contributed by atoms with Gasteiger partial charge in [-0.2, -0.15) is 0 Å². The maximum absolute atomic E-state index is 10.9. The lowest BCUT2D eigenvalue weighted by molar-refractivity contribution is -0.384. The van der Waals surface area contributed by atoms with Crippen molar-refractivity contribution in [1.29, 1.82) is 0 Å². The minimum atomic E-state index is -0.422. The van der Waals surface area contributed by atoms with E-state index in [-0.39, 0.29) is 11.6 Å². The summed E-state index contributed by atoms with van der Waals surface area (Å²) in [7, 11) is 0. The molecule has 0 bridgehead atoms. The molecular weight excluding hydrogens is 358 g/mol. The second-order valence-electron chi connectivity index (χ2n) is 6.38. The number of fused-ring (bicyclic) bond motifs is 3. The third kappa shape index (κ3) is 2.41. The number of nitrogens with two attached hydrogens (primary N) is 1. The van der Waals surface area contributed by atoms with Gasteiger partial charge in [-0.25, -0.2) is 9.98 Å². The molecule has 2 aromatic carbocycles. The standard InChI is InChI=1S/C19H15N7O2/c20-18-22-17(25-15-5-2-1-4-14(15)21-19(25)23-18)16-6-3-11-24(16)12-7-9-13(10-8-12)26(27)28/h1-11,17H,(H3,20,21,22,23)/t17-/m1/s1. The molecule has 0 spiro atoms. The van der Waals surface area contributed by atoms with E-state index in [0.29, 0.717) is 5.95 Å². The second kappa shape index (κ2) is 5.95. The number of nitro benzene ring substituents is 1. The number of imidazole rings is 1. The molecule has 9 nitrogen and oxygen atoms in total. The number of para-hydroxylation sites is 2. The summed E-state index contributed by atoms with van der Waals surface area (Å²) in [6.45, 7) is 0. The molecule has 3 heterocycles. The van der Waals surface area contributed by atoms with Gasteiger partial charge in [-0.3, -0.25) is 20.0 Å². The van der Waals surface area contributed by atoms with E-state index < -0.39 is 11.1 Å². The van der Waals surface area contributed by atoms with Crippen LogP contribution >= 0.6 is 0 Å². The Morgan fingerprint density at radius 2 is 1.86 bits per heavy atom. The predicted octanol–water partition coefficient (Wildman–Crippen LogP) is 3.02. The van der Waals surface area contributed by atoms with Crippen molar-refractivity contribution in [1.82, 2.24) is 14.1 Å². The molecule has 138 valence electrons. The Morgan fingerprint density at radius 3 is 2.64 bits per heavy atom. The van der Waals surface area contributed by atoms with Crippen LogP contribution in [-0.2, 0) is 0 Å². The van der Waals surface area contributed by atoms with Crippen molar-refractivity contribution in [2.75, 3.05) is 5.32 Å². The van der Waals surface area contributed by atoms with Gasteiger partial charge in [-0.15, -0.1) is 0 Å². The van der Waals surface area contributed by atoms with E-state index in [1.165, 1.54) is 12.1 Å². The molecule has 0 saturated heterocycles. The average molecular weight is 373 g/mol. The van der Waals surface area contributed by atoms with Crippen LogP contribution in [0, 0.1) is 10.1 Å². The van der Waals surface area contributed by atoms with Crippen molar-refractivity contribution in [3.63, 3.8) is 0 Å². The van der Waals surface area contributed by atoms with E-state index in [9.17, 15) is 10.1 Å². The summed E-state index contributed by atoms with van der Waals surface area (Å²) in [5.41, 5.74) is 9.49. The number of benzene rings is 2. The summed E-state index contributed by atoms with van der Waals surface area (Å²) >= 11 is 0. The first-order chi connectivity index (χ1) is 13.6. The molecule has 0 aliphatic carbocycles. The summed E-state index contributed by atoms with van der Waals surface area (Å²) < 4.78 is 3.93. The first-order valence-corrected chi connectivity index (χ1v) is 8.61. The number of hydrogen-bond acceptors (Lipinski definition) is 6. The van der Waals surface area contributed by atoms with Crippen LogP contribution in [0.3, 0.4) is 0 Å². The van der Waals surface area contributed by atoms with E-state index >= 15 is 0 Å². The molecule has 2 aromatic heterocycles. The third-order valence-corrected chi connectivity index (χ3v) is 4.73. The topological polar surface area (TPSA) is 116 Å². The maximum Gasteiger partial charge on any atom is 0.269 e. The normalized spacial score (nSPS) is 15.7. The van der Waals surface area contributed by atoms with Gasteiger partial charge in [0.2, 0.25) is 5.95 Å². The molecule has 4 aromatic rings. The van der Waals surface area contributed by atoms with E-state index in [2.05, 4.69) is 15.3 Å². The minimum absolute atomic E-state index is 0.0458. The number of nitrogens with one attached hydrogen (secondary N) is 1. The maximum atomic E-state index is 10.9. The number of aliphatic imine (C=N–C) groups is 1. The third-order valence-electron chi connectivity index (χ3n) is 4.73. The molecule has 0 amide bonds. The molecule has 1 aliphatic heterocycles. The van der Waals surface area contributed by atoms with Gasteiger partial charge in [0.25, 0.3) is 5.69 Å². The van der Waals surface area contributed by atoms with Gasteiger partial charge in [0.05, 0.1) is 21.7 Å². The van der Waals surface area contributed by atoms with E-state index in [0.717, 1.165) is 22.4 Å². The lowest BCUT2D eigenvalue weighted by Crippen LogP contribution is -2.32. The van der Waals surface area contributed by atoms with Crippen molar-refractivity contribution in [3.05, 3.63) is 82.7 Å². The Bertz CT molecular complexity index is 1240. The van der Waals surface area contributed by atoms with Crippen LogP contribution in [0.15, 0.2) is 71.9 Å². The summed E-state index contributed by atoms with van der Waals surface area (Å²) in [4.78, 5) is 19.7. The number of nitro groups is 1. The summed E-state index contributed by atoms with van der Waals surface area (Å²) in [5.74, 6) is 0.902. The molecule has 0 unspecified atom stereocenters. The number of aromatic nitrogens is 3. The Hall–Kier alpha value is -4.14. The lowest BCUT2D eigenvalue weighted by Gasteiger charge is -2.24. The molecular formula is C19H15N7O2. The summed E-state index contributed by atoms with van der Waals surface area (Å²) in [5, 5.41) is 13.9. The number of nitrogens with zero attached hydrogens (tertiary/aromatic N) is 5. The molecule has 0 fully saturated rings. The molecule has 3 N–H and O–H groups in total. The number of anilines is 1. The van der Waals surface area contributed by atoms with E-state index in [4.69, 9.17) is 5.73 Å². The highest BCUT2D eigenvalue weighted by Gasteiger charge is 2.27. The van der Waals surface area contributed by atoms with Gasteiger partial charge in [0.15, 0.2) is 12.1 Å². The van der Waals surface area contributed by atoms with Crippen LogP contribution in [0.5, 0.6) is 0 Å². The SMILES string of the molecule is NC1=N[C@@H](c2cccn2-c2ccc([N+](=O)[O-])cc2)n2c(nc3ccccc32)N1. The summed E-state index contributed by atoms with van der Waals surface area (Å²) in [6.07, 6.45) is 1.47. The number of non-ortho nitro benzene ring substituents is 1. The zero-order valence-electron chi connectivity index (χ0n) is 14.6. The fourth-order valence-corrected chi connectivity index (χ4v) is 3.49. The zero-order valence-corrected chi connectivity index (χ0v) is 14.6. The molecule has 1 atom stereocenters. The van der Waals surface area contributed by atoms with Crippen LogP contribution in [0.2, 0.25) is 0 Å². The highest BCUT2D eigenvalue weighted by molar-refractivity contribution is 5.94. The number of hydrogen-bond donors (Lipinski definition) is 2. The van der Waals surface area contributed by atoms with Crippen LogP contribution in [0.25, 0.3) is 16.7 Å². The van der Waals surface area contributed by atoms with Gasteiger partial charge >= 0.3 is 0 Å². The Kier molecular flexibility index (Phi) is 3.41. The number of rotatable bonds is 3. The van der Waals surface area contributed by atoms with Gasteiger partial charge in [-0.1, -0.05) is 12.1 Å². The average Bonchev–Trinajstić information content (AvgIpc) is 3.32. The van der Waals surface area contributed by atoms with Crippen molar-refractivity contribution in [2.24, 2.45) is 10.7 Å². The highest BCUT2D eigenvalue weighted by Crippen LogP contribution is 2.33. The Balaban J connectivity index is 1.66. The molecule has 1 aliphatic rings. The van der Waals surface area contributed by atoms with Crippen molar-refractivity contribution >= 4 is 28.6 Å². The minimum Gasteiger partial charge on any atom is -0.370 e. The van der Waals surface area contributed by atoms with Crippen molar-refractivity contribution in [3.8, 4) is 5.69 Å². The lowest BCUT2D eigenvalue weighted by atomic mass is 10.2. The predicted molar refractivity (Wildman–Crippen MR) is 106 cm³/mol.